The van der Waals surface area contributed by atoms with Gasteiger partial charge in [-0.25, -0.2) is 0 Å². The summed E-state index contributed by atoms with van der Waals surface area (Å²) in [6, 6.07) is 3.93. The molecule has 4 heterocycles. The quantitative estimate of drug-likeness (QED) is 0.812. The second-order valence-corrected chi connectivity index (χ2v) is 8.20. The lowest BCUT2D eigenvalue weighted by atomic mass is 9.72. The molecule has 2 aromatic heterocycles. The number of carbonyl (C=O) groups is 2. The minimum atomic E-state index is 0.124. The summed E-state index contributed by atoms with van der Waals surface area (Å²) in [6.45, 7) is 5.22. The SMILES string of the molecule is Cc1cnn(CC(=O)N2CCC3(CCC(=O)N(Cc4ccncc4)C3)CC2)c1. The third kappa shape index (κ3) is 4.08. The molecule has 7 heteroatoms. The summed E-state index contributed by atoms with van der Waals surface area (Å²) in [5.74, 6) is 0.355. The van der Waals surface area contributed by atoms with Crippen molar-refractivity contribution < 1.29 is 9.59 Å². The van der Waals surface area contributed by atoms with E-state index in [0.717, 1.165) is 50.0 Å². The molecule has 0 aromatic carbocycles. The van der Waals surface area contributed by atoms with E-state index in [4.69, 9.17) is 0 Å². The number of nitrogens with zero attached hydrogens (tertiary/aromatic N) is 5. The van der Waals surface area contributed by atoms with Crippen LogP contribution in [0.4, 0.5) is 0 Å². The first-order valence-corrected chi connectivity index (χ1v) is 9.97. The van der Waals surface area contributed by atoms with Gasteiger partial charge < -0.3 is 9.80 Å². The Balaban J connectivity index is 1.35. The van der Waals surface area contributed by atoms with Crippen LogP contribution in [0.2, 0.25) is 0 Å². The monoisotopic (exact) mass is 381 g/mol. The molecule has 148 valence electrons. The van der Waals surface area contributed by atoms with E-state index in [-0.39, 0.29) is 17.2 Å². The van der Waals surface area contributed by atoms with Crippen molar-refractivity contribution in [1.82, 2.24) is 24.6 Å². The van der Waals surface area contributed by atoms with Crippen LogP contribution in [0.3, 0.4) is 0 Å². The Hall–Kier alpha value is -2.70. The van der Waals surface area contributed by atoms with Gasteiger partial charge in [0.2, 0.25) is 11.8 Å². The van der Waals surface area contributed by atoms with E-state index in [9.17, 15) is 9.59 Å². The summed E-state index contributed by atoms with van der Waals surface area (Å²) >= 11 is 0. The summed E-state index contributed by atoms with van der Waals surface area (Å²) in [4.78, 5) is 33.0. The number of hydrogen-bond donors (Lipinski definition) is 0. The van der Waals surface area contributed by atoms with Gasteiger partial charge in [-0.1, -0.05) is 0 Å². The molecule has 7 nitrogen and oxygen atoms in total. The Morgan fingerprint density at radius 1 is 1.18 bits per heavy atom. The molecule has 2 saturated heterocycles. The predicted molar refractivity (Wildman–Crippen MR) is 104 cm³/mol. The molecule has 4 rings (SSSR count). The van der Waals surface area contributed by atoms with Crippen LogP contribution in [0.5, 0.6) is 0 Å². The second-order valence-electron chi connectivity index (χ2n) is 8.20. The first-order valence-electron chi connectivity index (χ1n) is 9.97. The van der Waals surface area contributed by atoms with Crippen molar-refractivity contribution in [2.75, 3.05) is 19.6 Å². The van der Waals surface area contributed by atoms with Crippen molar-refractivity contribution in [3.8, 4) is 0 Å². The summed E-state index contributed by atoms with van der Waals surface area (Å²) in [5.41, 5.74) is 2.31. The Kier molecular flexibility index (Phi) is 5.15. The molecule has 0 saturated carbocycles. The summed E-state index contributed by atoms with van der Waals surface area (Å²) < 4.78 is 1.71. The zero-order valence-corrected chi connectivity index (χ0v) is 16.4. The van der Waals surface area contributed by atoms with Crippen molar-refractivity contribution in [2.45, 2.75) is 45.7 Å². The molecule has 2 amide bonds. The van der Waals surface area contributed by atoms with Gasteiger partial charge in [-0.05, 0) is 54.9 Å². The van der Waals surface area contributed by atoms with Gasteiger partial charge in [0.15, 0.2) is 0 Å². The van der Waals surface area contributed by atoms with E-state index in [0.29, 0.717) is 19.5 Å². The molecule has 28 heavy (non-hydrogen) atoms. The van der Waals surface area contributed by atoms with E-state index in [2.05, 4.69) is 10.1 Å². The number of rotatable bonds is 4. The van der Waals surface area contributed by atoms with E-state index < -0.39 is 0 Å². The molecular formula is C21H27N5O2. The van der Waals surface area contributed by atoms with Gasteiger partial charge in [0.25, 0.3) is 0 Å². The second kappa shape index (κ2) is 7.73. The van der Waals surface area contributed by atoms with E-state index in [1.807, 2.05) is 35.1 Å². The minimum absolute atomic E-state index is 0.124. The molecule has 0 atom stereocenters. The third-order valence-corrected chi connectivity index (χ3v) is 6.11. The van der Waals surface area contributed by atoms with Gasteiger partial charge >= 0.3 is 0 Å². The number of amides is 2. The van der Waals surface area contributed by atoms with Crippen molar-refractivity contribution in [1.29, 1.82) is 0 Å². The molecule has 0 bridgehead atoms. The van der Waals surface area contributed by atoms with Gasteiger partial charge in [-0.3, -0.25) is 19.3 Å². The maximum absolute atomic E-state index is 12.6. The predicted octanol–water partition coefficient (Wildman–Crippen LogP) is 2.02. The molecule has 2 aliphatic rings. The number of hydrogen-bond acceptors (Lipinski definition) is 4. The topological polar surface area (TPSA) is 71.3 Å². The Morgan fingerprint density at radius 2 is 1.93 bits per heavy atom. The molecule has 0 N–H and O–H groups in total. The lowest BCUT2D eigenvalue weighted by Crippen LogP contribution is -2.52. The van der Waals surface area contributed by atoms with E-state index in [1.165, 1.54) is 0 Å². The summed E-state index contributed by atoms with van der Waals surface area (Å²) in [6.07, 6.45) is 10.6. The number of aryl methyl sites for hydroxylation is 1. The minimum Gasteiger partial charge on any atom is -0.341 e. The van der Waals surface area contributed by atoms with Gasteiger partial charge in [-0.15, -0.1) is 0 Å². The molecular weight excluding hydrogens is 354 g/mol. The fraction of sp³-hybridized carbons (Fsp3) is 0.524. The third-order valence-electron chi connectivity index (χ3n) is 6.11. The van der Waals surface area contributed by atoms with Crippen LogP contribution in [-0.4, -0.2) is 56.0 Å². The molecule has 2 fully saturated rings. The van der Waals surface area contributed by atoms with Gasteiger partial charge in [-0.2, -0.15) is 5.10 Å². The first-order chi connectivity index (χ1) is 13.5. The molecule has 0 radical (unpaired) electrons. The van der Waals surface area contributed by atoms with Crippen molar-refractivity contribution in [3.05, 3.63) is 48.0 Å². The Labute approximate surface area is 165 Å². The van der Waals surface area contributed by atoms with Crippen LogP contribution < -0.4 is 0 Å². The van der Waals surface area contributed by atoms with Crippen LogP contribution >= 0.6 is 0 Å². The summed E-state index contributed by atoms with van der Waals surface area (Å²) in [7, 11) is 0. The maximum Gasteiger partial charge on any atom is 0.244 e. The fourth-order valence-electron chi connectivity index (χ4n) is 4.39. The Morgan fingerprint density at radius 3 is 2.61 bits per heavy atom. The highest BCUT2D eigenvalue weighted by atomic mass is 16.2. The van der Waals surface area contributed by atoms with Crippen LogP contribution in [-0.2, 0) is 22.7 Å². The van der Waals surface area contributed by atoms with E-state index >= 15 is 0 Å². The molecule has 2 aromatic rings. The van der Waals surface area contributed by atoms with Crippen LogP contribution in [0.15, 0.2) is 36.9 Å². The van der Waals surface area contributed by atoms with Crippen LogP contribution in [0.25, 0.3) is 0 Å². The van der Waals surface area contributed by atoms with Crippen LogP contribution in [0.1, 0.15) is 36.8 Å². The number of carbonyl (C=O) groups excluding carboxylic acids is 2. The molecule has 1 spiro atoms. The highest BCUT2D eigenvalue weighted by Crippen LogP contribution is 2.40. The van der Waals surface area contributed by atoms with Crippen molar-refractivity contribution in [3.63, 3.8) is 0 Å². The lowest BCUT2D eigenvalue weighted by molar-refractivity contribution is -0.143. The average molecular weight is 381 g/mol. The standard InChI is InChI=1S/C21H27N5O2/c1-17-12-23-26(13-17)15-20(28)24-10-6-21(7-11-24)5-2-19(27)25(16-21)14-18-3-8-22-9-4-18/h3-4,8-9,12-13H,2,5-7,10-11,14-16H2,1H3. The number of pyridine rings is 1. The van der Waals surface area contributed by atoms with Gasteiger partial charge in [0.05, 0.1) is 6.20 Å². The first kappa shape index (κ1) is 18.7. The average Bonchev–Trinajstić information content (AvgIpc) is 3.11. The number of likely N-dealkylation sites (tertiary alicyclic amines) is 2. The largest absolute Gasteiger partial charge is 0.341 e. The van der Waals surface area contributed by atoms with Gasteiger partial charge in [0, 0.05) is 51.2 Å². The lowest BCUT2D eigenvalue weighted by Gasteiger charge is -2.47. The highest BCUT2D eigenvalue weighted by Gasteiger charge is 2.41. The van der Waals surface area contributed by atoms with Crippen LogP contribution in [0, 0.1) is 12.3 Å². The smallest absolute Gasteiger partial charge is 0.244 e. The molecule has 0 aliphatic carbocycles. The maximum atomic E-state index is 12.6. The zero-order valence-electron chi connectivity index (χ0n) is 16.4. The van der Waals surface area contributed by atoms with E-state index in [1.54, 1.807) is 23.3 Å². The fourth-order valence-corrected chi connectivity index (χ4v) is 4.39. The molecule has 2 aliphatic heterocycles. The highest BCUT2D eigenvalue weighted by molar-refractivity contribution is 5.77. The molecule has 0 unspecified atom stereocenters. The van der Waals surface area contributed by atoms with Crippen molar-refractivity contribution >= 4 is 11.8 Å². The normalized spacial score (nSPS) is 19.2. The number of aromatic nitrogens is 3. The number of piperidine rings is 2. The van der Waals surface area contributed by atoms with Gasteiger partial charge in [0.1, 0.15) is 6.54 Å². The van der Waals surface area contributed by atoms with Crippen molar-refractivity contribution in [2.24, 2.45) is 5.41 Å². The summed E-state index contributed by atoms with van der Waals surface area (Å²) in [5, 5.41) is 4.21. The zero-order chi connectivity index (χ0) is 19.6. The Bertz CT molecular complexity index is 839.